The number of carbonyl (C=O) groups excluding carboxylic acids is 2. The molecule has 0 aliphatic carbocycles. The van der Waals surface area contributed by atoms with E-state index < -0.39 is 11.9 Å². The first-order valence-corrected chi connectivity index (χ1v) is 5.97. The molecule has 0 saturated heterocycles. The smallest absolute Gasteiger partial charge is 0.397 e. The van der Waals surface area contributed by atoms with Crippen LogP contribution in [0.3, 0.4) is 0 Å². The van der Waals surface area contributed by atoms with Crippen molar-refractivity contribution in [2.75, 3.05) is 18.6 Å². The number of hydrogen-bond donors (Lipinski definition) is 0. The van der Waals surface area contributed by atoms with Gasteiger partial charge in [0.1, 0.15) is 0 Å². The van der Waals surface area contributed by atoms with Crippen molar-refractivity contribution in [1.82, 2.24) is 0 Å². The van der Waals surface area contributed by atoms with Crippen LogP contribution in [0.4, 0.5) is 5.69 Å². The van der Waals surface area contributed by atoms with Crippen LogP contribution in [0.15, 0.2) is 22.7 Å². The lowest BCUT2D eigenvalue weighted by Crippen LogP contribution is -2.35. The maximum Gasteiger partial charge on any atom is 0.397 e. The number of aryl methyl sites for hydroxylation is 1. The summed E-state index contributed by atoms with van der Waals surface area (Å²) in [6, 6.07) is 5.53. The van der Waals surface area contributed by atoms with Gasteiger partial charge in [0.2, 0.25) is 0 Å². The van der Waals surface area contributed by atoms with Gasteiger partial charge in [0.05, 0.1) is 6.61 Å². The Labute approximate surface area is 109 Å². The first-order valence-electron chi connectivity index (χ1n) is 5.18. The molecule has 1 aromatic rings. The van der Waals surface area contributed by atoms with E-state index in [9.17, 15) is 9.59 Å². The summed E-state index contributed by atoms with van der Waals surface area (Å²) >= 11 is 3.33. The van der Waals surface area contributed by atoms with Crippen molar-refractivity contribution in [1.29, 1.82) is 0 Å². The van der Waals surface area contributed by atoms with Gasteiger partial charge in [-0.2, -0.15) is 0 Å². The Hall–Kier alpha value is -1.36. The third-order valence-corrected chi connectivity index (χ3v) is 2.78. The van der Waals surface area contributed by atoms with Crippen molar-refractivity contribution in [3.8, 4) is 0 Å². The lowest BCUT2D eigenvalue weighted by molar-refractivity contribution is -0.153. The number of carbonyl (C=O) groups is 2. The van der Waals surface area contributed by atoms with Gasteiger partial charge in [0, 0.05) is 17.2 Å². The second kappa shape index (κ2) is 5.82. The van der Waals surface area contributed by atoms with Crippen molar-refractivity contribution in [3.05, 3.63) is 28.2 Å². The quantitative estimate of drug-likeness (QED) is 0.622. The van der Waals surface area contributed by atoms with Crippen molar-refractivity contribution in [2.24, 2.45) is 0 Å². The van der Waals surface area contributed by atoms with E-state index in [1.807, 2.05) is 19.1 Å². The third kappa shape index (κ3) is 3.30. The normalized spacial score (nSPS) is 9.88. The van der Waals surface area contributed by atoms with Gasteiger partial charge in [-0.1, -0.05) is 22.0 Å². The van der Waals surface area contributed by atoms with E-state index in [4.69, 9.17) is 0 Å². The lowest BCUT2D eigenvalue weighted by Gasteiger charge is -2.18. The van der Waals surface area contributed by atoms with Crippen LogP contribution in [0.2, 0.25) is 0 Å². The summed E-state index contributed by atoms with van der Waals surface area (Å²) in [5, 5.41) is 0. The molecule has 0 N–H and O–H groups in total. The number of benzene rings is 1. The molecule has 92 valence electrons. The summed E-state index contributed by atoms with van der Waals surface area (Å²) in [6.07, 6.45) is 0. The Bertz CT molecular complexity index is 445. The monoisotopic (exact) mass is 299 g/mol. The largest absolute Gasteiger partial charge is 0.459 e. The average Bonchev–Trinajstić information content (AvgIpc) is 2.30. The Kier molecular flexibility index (Phi) is 4.69. The van der Waals surface area contributed by atoms with E-state index in [0.29, 0.717) is 5.69 Å². The number of anilines is 1. The molecule has 17 heavy (non-hydrogen) atoms. The number of amides is 1. The summed E-state index contributed by atoms with van der Waals surface area (Å²) in [6.45, 7) is 3.72. The Balaban J connectivity index is 2.96. The zero-order valence-corrected chi connectivity index (χ0v) is 11.6. The fourth-order valence-corrected chi connectivity index (χ4v) is 1.73. The molecule has 0 aliphatic heterocycles. The van der Waals surface area contributed by atoms with Gasteiger partial charge in [-0.05, 0) is 31.5 Å². The molecule has 0 bridgehead atoms. The highest BCUT2D eigenvalue weighted by molar-refractivity contribution is 9.10. The van der Waals surface area contributed by atoms with E-state index in [1.54, 1.807) is 20.0 Å². The Morgan fingerprint density at radius 2 is 2.06 bits per heavy atom. The molecule has 5 heteroatoms. The number of esters is 1. The second-order valence-electron chi connectivity index (χ2n) is 3.52. The first kappa shape index (κ1) is 13.7. The summed E-state index contributed by atoms with van der Waals surface area (Å²) in [5.41, 5.74) is 1.59. The van der Waals surface area contributed by atoms with Crippen molar-refractivity contribution < 1.29 is 14.3 Å². The van der Waals surface area contributed by atoms with Gasteiger partial charge in [-0.25, -0.2) is 4.79 Å². The molecule has 0 radical (unpaired) electrons. The Morgan fingerprint density at radius 3 is 2.65 bits per heavy atom. The van der Waals surface area contributed by atoms with Gasteiger partial charge in [0.15, 0.2) is 0 Å². The molecule has 0 saturated carbocycles. The first-order chi connectivity index (χ1) is 7.97. The Morgan fingerprint density at radius 1 is 1.41 bits per heavy atom. The van der Waals surface area contributed by atoms with Crippen LogP contribution in [-0.4, -0.2) is 25.5 Å². The summed E-state index contributed by atoms with van der Waals surface area (Å²) in [5.74, 6) is -1.51. The van der Waals surface area contributed by atoms with Crippen LogP contribution in [0.5, 0.6) is 0 Å². The molecule has 0 aromatic heterocycles. The van der Waals surface area contributed by atoms with Gasteiger partial charge < -0.3 is 9.64 Å². The molecule has 1 amide bonds. The maximum atomic E-state index is 11.7. The zero-order chi connectivity index (χ0) is 13.0. The van der Waals surface area contributed by atoms with E-state index in [0.717, 1.165) is 10.0 Å². The van der Waals surface area contributed by atoms with Gasteiger partial charge in [-0.15, -0.1) is 0 Å². The SMILES string of the molecule is CCOC(=O)C(=O)N(C)c1cc(Br)ccc1C. The number of nitrogens with zero attached hydrogens (tertiary/aromatic N) is 1. The number of hydrogen-bond acceptors (Lipinski definition) is 3. The molecule has 1 aromatic carbocycles. The number of halogens is 1. The van der Waals surface area contributed by atoms with E-state index in [-0.39, 0.29) is 6.61 Å². The van der Waals surface area contributed by atoms with Crippen molar-refractivity contribution in [2.45, 2.75) is 13.8 Å². The molecule has 4 nitrogen and oxygen atoms in total. The van der Waals surface area contributed by atoms with Crippen LogP contribution in [0.25, 0.3) is 0 Å². The summed E-state index contributed by atoms with van der Waals surface area (Å²) in [4.78, 5) is 24.4. The highest BCUT2D eigenvalue weighted by Gasteiger charge is 2.22. The van der Waals surface area contributed by atoms with Crippen LogP contribution >= 0.6 is 15.9 Å². The van der Waals surface area contributed by atoms with Gasteiger partial charge >= 0.3 is 11.9 Å². The maximum absolute atomic E-state index is 11.7. The average molecular weight is 300 g/mol. The molecule has 1 rings (SSSR count). The number of rotatable bonds is 2. The van der Waals surface area contributed by atoms with Crippen LogP contribution in [-0.2, 0) is 14.3 Å². The second-order valence-corrected chi connectivity index (χ2v) is 4.43. The fraction of sp³-hybridized carbons (Fsp3) is 0.333. The molecular formula is C12H14BrNO3. The van der Waals surface area contributed by atoms with Crippen LogP contribution in [0, 0.1) is 6.92 Å². The molecule has 0 spiro atoms. The topological polar surface area (TPSA) is 46.6 Å². The van der Waals surface area contributed by atoms with Crippen molar-refractivity contribution in [3.63, 3.8) is 0 Å². The van der Waals surface area contributed by atoms with Crippen molar-refractivity contribution >= 4 is 33.5 Å². The number of ether oxygens (including phenoxy) is 1. The molecule has 0 unspecified atom stereocenters. The molecule has 0 fully saturated rings. The molecule has 0 aliphatic rings. The van der Waals surface area contributed by atoms with E-state index in [2.05, 4.69) is 20.7 Å². The minimum Gasteiger partial charge on any atom is -0.459 e. The zero-order valence-electron chi connectivity index (χ0n) is 9.99. The molecule has 0 atom stereocenters. The fourth-order valence-electron chi connectivity index (χ4n) is 1.38. The summed E-state index contributed by atoms with van der Waals surface area (Å²) < 4.78 is 5.52. The standard InChI is InChI=1S/C12H14BrNO3/c1-4-17-12(16)11(15)14(3)10-7-9(13)6-5-8(10)2/h5-7H,4H2,1-3H3. The highest BCUT2D eigenvalue weighted by atomic mass is 79.9. The van der Waals surface area contributed by atoms with E-state index in [1.165, 1.54) is 4.90 Å². The van der Waals surface area contributed by atoms with E-state index >= 15 is 0 Å². The summed E-state index contributed by atoms with van der Waals surface area (Å²) in [7, 11) is 1.55. The lowest BCUT2D eigenvalue weighted by atomic mass is 10.2. The predicted octanol–water partition coefficient (Wildman–Crippen LogP) is 2.28. The van der Waals surface area contributed by atoms with Crippen LogP contribution < -0.4 is 4.90 Å². The molecule has 0 heterocycles. The highest BCUT2D eigenvalue weighted by Crippen LogP contribution is 2.23. The van der Waals surface area contributed by atoms with Crippen LogP contribution in [0.1, 0.15) is 12.5 Å². The minimum absolute atomic E-state index is 0.190. The number of likely N-dealkylation sites (N-methyl/N-ethyl adjacent to an activating group) is 1. The molecular weight excluding hydrogens is 286 g/mol. The van der Waals surface area contributed by atoms with Gasteiger partial charge in [-0.3, -0.25) is 4.79 Å². The third-order valence-electron chi connectivity index (χ3n) is 2.29. The minimum atomic E-state index is -0.839. The predicted molar refractivity (Wildman–Crippen MR) is 68.9 cm³/mol. The van der Waals surface area contributed by atoms with Gasteiger partial charge in [0.25, 0.3) is 0 Å².